The maximum absolute atomic E-state index is 5.19. The van der Waals surface area contributed by atoms with Crippen molar-refractivity contribution in [2.24, 2.45) is 7.05 Å². The predicted molar refractivity (Wildman–Crippen MR) is 79.7 cm³/mol. The Morgan fingerprint density at radius 1 is 1.24 bits per heavy atom. The quantitative estimate of drug-likeness (QED) is 0.797. The normalized spacial score (nSPS) is 10.8. The van der Waals surface area contributed by atoms with Crippen molar-refractivity contribution in [2.75, 3.05) is 5.32 Å². The smallest absolute Gasteiger partial charge is 0.165 e. The molecule has 0 radical (unpaired) electrons. The Hall–Kier alpha value is -2.63. The van der Waals surface area contributed by atoms with E-state index in [-0.39, 0.29) is 0 Å². The number of aromatic nitrogens is 4. The van der Waals surface area contributed by atoms with Gasteiger partial charge in [-0.1, -0.05) is 17.3 Å². The minimum absolute atomic E-state index is 0.663. The summed E-state index contributed by atoms with van der Waals surface area (Å²) in [4.78, 5) is 0. The van der Waals surface area contributed by atoms with Crippen LogP contribution in [-0.2, 0) is 13.6 Å². The fourth-order valence-electron chi connectivity index (χ4n) is 2.30. The third-order valence-corrected chi connectivity index (χ3v) is 3.52. The standard InChI is InChI=1S/C15H17N5O/c1-10-13(11(2)21-19-10)8-16-14-7-5-4-6-12(14)15-18-17-9-20(15)3/h4-7,9,16H,8H2,1-3H3. The number of rotatable bonds is 4. The maximum atomic E-state index is 5.19. The van der Waals surface area contributed by atoms with Crippen molar-refractivity contribution >= 4 is 5.69 Å². The predicted octanol–water partition coefficient (Wildman–Crippen LogP) is 2.70. The van der Waals surface area contributed by atoms with Gasteiger partial charge in [-0.05, 0) is 26.0 Å². The number of hydrogen-bond donors (Lipinski definition) is 1. The summed E-state index contributed by atoms with van der Waals surface area (Å²) in [6.07, 6.45) is 1.69. The minimum Gasteiger partial charge on any atom is -0.380 e. The number of para-hydroxylation sites is 1. The van der Waals surface area contributed by atoms with Crippen molar-refractivity contribution in [1.82, 2.24) is 19.9 Å². The molecule has 0 fully saturated rings. The molecule has 0 spiro atoms. The molecule has 0 unspecified atom stereocenters. The number of benzene rings is 1. The lowest BCUT2D eigenvalue weighted by atomic mass is 10.1. The van der Waals surface area contributed by atoms with Crippen LogP contribution in [-0.4, -0.2) is 19.9 Å². The lowest BCUT2D eigenvalue weighted by molar-refractivity contribution is 0.392. The van der Waals surface area contributed by atoms with Crippen LogP contribution in [0.1, 0.15) is 17.0 Å². The Morgan fingerprint density at radius 3 is 2.71 bits per heavy atom. The molecular formula is C15H17N5O. The van der Waals surface area contributed by atoms with Crippen molar-refractivity contribution in [2.45, 2.75) is 20.4 Å². The lowest BCUT2D eigenvalue weighted by Gasteiger charge is -2.11. The van der Waals surface area contributed by atoms with E-state index in [1.165, 1.54) is 0 Å². The van der Waals surface area contributed by atoms with Crippen LogP contribution in [0.3, 0.4) is 0 Å². The topological polar surface area (TPSA) is 68.8 Å². The summed E-state index contributed by atoms with van der Waals surface area (Å²) in [5.41, 5.74) is 4.02. The lowest BCUT2D eigenvalue weighted by Crippen LogP contribution is -2.04. The van der Waals surface area contributed by atoms with Crippen molar-refractivity contribution in [3.05, 3.63) is 47.6 Å². The van der Waals surface area contributed by atoms with Crippen LogP contribution in [0.5, 0.6) is 0 Å². The molecular weight excluding hydrogens is 266 g/mol. The first kappa shape index (κ1) is 13.4. The van der Waals surface area contributed by atoms with Gasteiger partial charge in [0.25, 0.3) is 0 Å². The van der Waals surface area contributed by atoms with Crippen LogP contribution in [0, 0.1) is 13.8 Å². The molecule has 3 rings (SSSR count). The fourth-order valence-corrected chi connectivity index (χ4v) is 2.30. The van der Waals surface area contributed by atoms with Crippen molar-refractivity contribution in [3.8, 4) is 11.4 Å². The molecule has 0 saturated heterocycles. The van der Waals surface area contributed by atoms with E-state index in [0.29, 0.717) is 6.54 Å². The summed E-state index contributed by atoms with van der Waals surface area (Å²) in [5, 5.41) is 15.5. The first-order valence-corrected chi connectivity index (χ1v) is 6.76. The van der Waals surface area contributed by atoms with E-state index in [1.807, 2.05) is 49.7 Å². The van der Waals surface area contributed by atoms with Crippen molar-refractivity contribution in [3.63, 3.8) is 0 Å². The number of hydrogen-bond acceptors (Lipinski definition) is 5. The van der Waals surface area contributed by atoms with Gasteiger partial charge in [0.05, 0.1) is 5.69 Å². The van der Waals surface area contributed by atoms with E-state index in [4.69, 9.17) is 4.52 Å². The number of nitrogens with zero attached hydrogens (tertiary/aromatic N) is 4. The van der Waals surface area contributed by atoms with Gasteiger partial charge in [-0.25, -0.2) is 0 Å². The highest BCUT2D eigenvalue weighted by molar-refractivity contribution is 5.73. The summed E-state index contributed by atoms with van der Waals surface area (Å²) >= 11 is 0. The second-order valence-corrected chi connectivity index (χ2v) is 4.97. The van der Waals surface area contributed by atoms with Gasteiger partial charge in [0.15, 0.2) is 5.82 Å². The van der Waals surface area contributed by atoms with Gasteiger partial charge < -0.3 is 14.4 Å². The van der Waals surface area contributed by atoms with Gasteiger partial charge in [0.2, 0.25) is 0 Å². The first-order valence-electron chi connectivity index (χ1n) is 6.76. The summed E-state index contributed by atoms with van der Waals surface area (Å²) in [7, 11) is 1.93. The Balaban J connectivity index is 1.89. The second-order valence-electron chi connectivity index (χ2n) is 4.97. The van der Waals surface area contributed by atoms with Crippen LogP contribution < -0.4 is 5.32 Å². The third kappa shape index (κ3) is 2.52. The van der Waals surface area contributed by atoms with Crippen LogP contribution in [0.4, 0.5) is 5.69 Å². The second kappa shape index (κ2) is 5.40. The molecule has 0 aliphatic rings. The van der Waals surface area contributed by atoms with E-state index in [0.717, 1.165) is 34.1 Å². The molecule has 2 aromatic heterocycles. The van der Waals surface area contributed by atoms with E-state index >= 15 is 0 Å². The molecule has 0 amide bonds. The van der Waals surface area contributed by atoms with Gasteiger partial charge in [-0.15, -0.1) is 10.2 Å². The first-order chi connectivity index (χ1) is 10.2. The molecule has 6 nitrogen and oxygen atoms in total. The highest BCUT2D eigenvalue weighted by Crippen LogP contribution is 2.26. The van der Waals surface area contributed by atoms with Gasteiger partial charge in [0, 0.05) is 30.4 Å². The van der Waals surface area contributed by atoms with Crippen LogP contribution >= 0.6 is 0 Å². The van der Waals surface area contributed by atoms with E-state index in [9.17, 15) is 0 Å². The maximum Gasteiger partial charge on any atom is 0.165 e. The van der Waals surface area contributed by atoms with Crippen LogP contribution in [0.2, 0.25) is 0 Å². The SMILES string of the molecule is Cc1noc(C)c1CNc1ccccc1-c1nncn1C. The van der Waals surface area contributed by atoms with Crippen molar-refractivity contribution < 1.29 is 4.52 Å². The summed E-state index contributed by atoms with van der Waals surface area (Å²) in [6, 6.07) is 8.04. The van der Waals surface area contributed by atoms with Gasteiger partial charge in [-0.2, -0.15) is 0 Å². The monoisotopic (exact) mass is 283 g/mol. The molecule has 0 atom stereocenters. The molecule has 0 saturated carbocycles. The number of aryl methyl sites for hydroxylation is 3. The molecule has 3 aromatic rings. The summed E-state index contributed by atoms with van der Waals surface area (Å²) in [5.74, 6) is 1.67. The zero-order chi connectivity index (χ0) is 14.8. The van der Waals surface area contributed by atoms with E-state index < -0.39 is 0 Å². The highest BCUT2D eigenvalue weighted by atomic mass is 16.5. The van der Waals surface area contributed by atoms with Crippen LogP contribution in [0.15, 0.2) is 35.1 Å². The highest BCUT2D eigenvalue weighted by Gasteiger charge is 2.12. The van der Waals surface area contributed by atoms with E-state index in [2.05, 4.69) is 20.7 Å². The molecule has 1 N–H and O–H groups in total. The molecule has 0 aliphatic carbocycles. The Labute approximate surface area is 122 Å². The molecule has 2 heterocycles. The molecule has 0 bridgehead atoms. The Bertz CT molecular complexity index is 740. The molecule has 6 heteroatoms. The molecule has 108 valence electrons. The summed E-state index contributed by atoms with van der Waals surface area (Å²) in [6.45, 7) is 4.53. The summed E-state index contributed by atoms with van der Waals surface area (Å²) < 4.78 is 7.09. The van der Waals surface area contributed by atoms with Gasteiger partial charge in [0.1, 0.15) is 12.1 Å². The zero-order valence-corrected chi connectivity index (χ0v) is 12.3. The average Bonchev–Trinajstić information content (AvgIpc) is 3.04. The zero-order valence-electron chi connectivity index (χ0n) is 12.3. The molecule has 0 aliphatic heterocycles. The van der Waals surface area contributed by atoms with E-state index in [1.54, 1.807) is 6.33 Å². The van der Waals surface area contributed by atoms with Gasteiger partial charge in [-0.3, -0.25) is 0 Å². The number of anilines is 1. The molecule has 21 heavy (non-hydrogen) atoms. The largest absolute Gasteiger partial charge is 0.380 e. The fraction of sp³-hybridized carbons (Fsp3) is 0.267. The average molecular weight is 283 g/mol. The minimum atomic E-state index is 0.663. The van der Waals surface area contributed by atoms with Gasteiger partial charge >= 0.3 is 0 Å². The third-order valence-electron chi connectivity index (χ3n) is 3.52. The number of nitrogens with one attached hydrogen (secondary N) is 1. The molecule has 1 aromatic carbocycles. The van der Waals surface area contributed by atoms with Crippen molar-refractivity contribution in [1.29, 1.82) is 0 Å². The Kier molecular flexibility index (Phi) is 3.43. The Morgan fingerprint density at radius 2 is 2.05 bits per heavy atom. The van der Waals surface area contributed by atoms with Crippen LogP contribution in [0.25, 0.3) is 11.4 Å².